The molecule has 0 bridgehead atoms. The van der Waals surface area contributed by atoms with Gasteiger partial charge in [0.1, 0.15) is 5.82 Å². The number of unbranched alkanes of at least 4 members (excludes halogenated alkanes) is 5. The van der Waals surface area contributed by atoms with Gasteiger partial charge in [-0.2, -0.15) is 0 Å². The summed E-state index contributed by atoms with van der Waals surface area (Å²) in [5.74, 6) is -1.25. The molecule has 3 amide bonds. The van der Waals surface area contributed by atoms with Crippen LogP contribution in [0.15, 0.2) is 48.5 Å². The van der Waals surface area contributed by atoms with Gasteiger partial charge in [0.25, 0.3) is 0 Å². The standard InChI is InChI=1S/C27H36FN3O3/c1-3-4-5-6-7-8-9-27(34)31(19-22-12-14-23(28)15-13-22)20-26(33)29-18-25(32)30-24-16-10-21(2)11-17-24/h10-17H,3-9,18-20H2,1-2H3,(H,29,33)(H,30,32). The molecule has 0 saturated carbocycles. The molecule has 7 heteroatoms. The number of nitrogens with one attached hydrogen (secondary N) is 2. The van der Waals surface area contributed by atoms with Gasteiger partial charge in [-0.15, -0.1) is 0 Å². The van der Waals surface area contributed by atoms with Crippen LogP contribution in [0, 0.1) is 12.7 Å². The van der Waals surface area contributed by atoms with Gasteiger partial charge >= 0.3 is 0 Å². The zero-order chi connectivity index (χ0) is 24.8. The summed E-state index contributed by atoms with van der Waals surface area (Å²) in [6.07, 6.45) is 6.72. The van der Waals surface area contributed by atoms with Crippen molar-refractivity contribution in [2.24, 2.45) is 0 Å². The van der Waals surface area contributed by atoms with Crippen LogP contribution in [0.3, 0.4) is 0 Å². The van der Waals surface area contributed by atoms with Crippen LogP contribution in [0.25, 0.3) is 0 Å². The maximum absolute atomic E-state index is 13.3. The number of aryl methyl sites for hydroxylation is 1. The third kappa shape index (κ3) is 10.6. The van der Waals surface area contributed by atoms with Crippen LogP contribution in [-0.4, -0.2) is 35.7 Å². The molecule has 0 unspecified atom stereocenters. The number of rotatable bonds is 14. The molecule has 2 aromatic rings. The third-order valence-electron chi connectivity index (χ3n) is 5.50. The molecule has 0 aromatic heterocycles. The minimum absolute atomic E-state index is 0.126. The van der Waals surface area contributed by atoms with Gasteiger partial charge in [-0.05, 0) is 43.2 Å². The van der Waals surface area contributed by atoms with E-state index in [9.17, 15) is 18.8 Å². The minimum Gasteiger partial charge on any atom is -0.345 e. The van der Waals surface area contributed by atoms with Crippen molar-refractivity contribution in [1.29, 1.82) is 0 Å². The highest BCUT2D eigenvalue weighted by Gasteiger charge is 2.18. The van der Waals surface area contributed by atoms with E-state index >= 15 is 0 Å². The van der Waals surface area contributed by atoms with Crippen molar-refractivity contribution in [2.45, 2.75) is 65.3 Å². The zero-order valence-corrected chi connectivity index (χ0v) is 20.2. The summed E-state index contributed by atoms with van der Waals surface area (Å²) in [7, 11) is 0. The van der Waals surface area contributed by atoms with Gasteiger partial charge in [0.05, 0.1) is 13.1 Å². The van der Waals surface area contributed by atoms with E-state index in [1.165, 1.54) is 29.9 Å². The number of carbonyl (C=O) groups excluding carboxylic acids is 3. The number of benzene rings is 2. The van der Waals surface area contributed by atoms with Crippen LogP contribution in [0.1, 0.15) is 63.0 Å². The molecule has 34 heavy (non-hydrogen) atoms. The van der Waals surface area contributed by atoms with E-state index in [0.29, 0.717) is 12.1 Å². The normalized spacial score (nSPS) is 10.6. The van der Waals surface area contributed by atoms with Gasteiger partial charge in [0, 0.05) is 18.7 Å². The molecule has 0 aliphatic carbocycles. The first kappa shape index (κ1) is 27.0. The van der Waals surface area contributed by atoms with Crippen molar-refractivity contribution in [3.8, 4) is 0 Å². The first-order chi connectivity index (χ1) is 16.4. The summed E-state index contributed by atoms with van der Waals surface area (Å²) < 4.78 is 13.3. The number of anilines is 1. The predicted molar refractivity (Wildman–Crippen MR) is 133 cm³/mol. The lowest BCUT2D eigenvalue weighted by Crippen LogP contribution is -2.42. The Labute approximate surface area is 201 Å². The number of nitrogens with zero attached hydrogens (tertiary/aromatic N) is 1. The highest BCUT2D eigenvalue weighted by molar-refractivity contribution is 5.95. The lowest BCUT2D eigenvalue weighted by Gasteiger charge is -2.22. The predicted octanol–water partition coefficient (Wildman–Crippen LogP) is 4.97. The molecule has 2 aromatic carbocycles. The van der Waals surface area contributed by atoms with Gasteiger partial charge in [-0.3, -0.25) is 14.4 Å². The number of hydrogen-bond donors (Lipinski definition) is 2. The first-order valence-corrected chi connectivity index (χ1v) is 12.0. The Kier molecular flexibility index (Phi) is 11.8. The highest BCUT2D eigenvalue weighted by atomic mass is 19.1. The molecule has 0 spiro atoms. The zero-order valence-electron chi connectivity index (χ0n) is 20.2. The van der Waals surface area contributed by atoms with Gasteiger partial charge in [-0.1, -0.05) is 68.9 Å². The fraction of sp³-hybridized carbons (Fsp3) is 0.444. The first-order valence-electron chi connectivity index (χ1n) is 12.0. The number of halogens is 1. The molecular formula is C27H36FN3O3. The molecule has 184 valence electrons. The van der Waals surface area contributed by atoms with Crippen molar-refractivity contribution in [3.05, 3.63) is 65.5 Å². The number of carbonyl (C=O) groups is 3. The SMILES string of the molecule is CCCCCCCCC(=O)N(CC(=O)NCC(=O)Nc1ccc(C)cc1)Cc1ccc(F)cc1. The number of amides is 3. The average molecular weight is 470 g/mol. The van der Waals surface area contributed by atoms with Crippen molar-refractivity contribution in [2.75, 3.05) is 18.4 Å². The average Bonchev–Trinajstić information content (AvgIpc) is 2.82. The van der Waals surface area contributed by atoms with E-state index in [2.05, 4.69) is 17.6 Å². The largest absolute Gasteiger partial charge is 0.345 e. The fourth-order valence-corrected chi connectivity index (χ4v) is 3.51. The second-order valence-corrected chi connectivity index (χ2v) is 8.58. The van der Waals surface area contributed by atoms with Crippen LogP contribution in [0.5, 0.6) is 0 Å². The molecule has 2 N–H and O–H groups in total. The van der Waals surface area contributed by atoms with Crippen molar-refractivity contribution in [3.63, 3.8) is 0 Å². The van der Waals surface area contributed by atoms with Crippen molar-refractivity contribution >= 4 is 23.4 Å². The van der Waals surface area contributed by atoms with Gasteiger partial charge in [0.15, 0.2) is 0 Å². The second-order valence-electron chi connectivity index (χ2n) is 8.58. The molecule has 0 aliphatic heterocycles. The molecular weight excluding hydrogens is 433 g/mol. The highest BCUT2D eigenvalue weighted by Crippen LogP contribution is 2.12. The Morgan fingerprint density at radius 1 is 0.853 bits per heavy atom. The number of hydrogen-bond acceptors (Lipinski definition) is 3. The van der Waals surface area contributed by atoms with E-state index in [0.717, 1.165) is 36.8 Å². The maximum Gasteiger partial charge on any atom is 0.243 e. The molecule has 0 heterocycles. The van der Waals surface area contributed by atoms with Crippen LogP contribution in [-0.2, 0) is 20.9 Å². The molecule has 0 fully saturated rings. The maximum atomic E-state index is 13.3. The Hall–Kier alpha value is -3.22. The lowest BCUT2D eigenvalue weighted by molar-refractivity contribution is -0.137. The third-order valence-corrected chi connectivity index (χ3v) is 5.50. The summed E-state index contributed by atoms with van der Waals surface area (Å²) in [6.45, 7) is 3.97. The summed E-state index contributed by atoms with van der Waals surface area (Å²) in [5.41, 5.74) is 2.47. The van der Waals surface area contributed by atoms with Crippen LogP contribution < -0.4 is 10.6 Å². The lowest BCUT2D eigenvalue weighted by atomic mass is 10.1. The summed E-state index contributed by atoms with van der Waals surface area (Å²) in [4.78, 5) is 39.0. The van der Waals surface area contributed by atoms with Crippen LogP contribution in [0.2, 0.25) is 0 Å². The van der Waals surface area contributed by atoms with Gasteiger partial charge < -0.3 is 15.5 Å². The Bertz CT molecular complexity index is 914. The molecule has 0 aliphatic rings. The smallest absolute Gasteiger partial charge is 0.243 e. The topological polar surface area (TPSA) is 78.5 Å². The van der Waals surface area contributed by atoms with E-state index in [1.807, 2.05) is 19.1 Å². The molecule has 0 atom stereocenters. The summed E-state index contributed by atoms with van der Waals surface area (Å²) in [6, 6.07) is 13.2. The van der Waals surface area contributed by atoms with Gasteiger partial charge in [0.2, 0.25) is 17.7 Å². The van der Waals surface area contributed by atoms with Crippen molar-refractivity contribution in [1.82, 2.24) is 10.2 Å². The molecule has 0 saturated heterocycles. The van der Waals surface area contributed by atoms with E-state index < -0.39 is 5.91 Å². The van der Waals surface area contributed by atoms with Gasteiger partial charge in [-0.25, -0.2) is 4.39 Å². The summed E-state index contributed by atoms with van der Waals surface area (Å²) >= 11 is 0. The molecule has 6 nitrogen and oxygen atoms in total. The summed E-state index contributed by atoms with van der Waals surface area (Å²) in [5, 5.41) is 5.30. The Morgan fingerprint density at radius 2 is 1.50 bits per heavy atom. The van der Waals surface area contributed by atoms with Crippen LogP contribution in [0.4, 0.5) is 10.1 Å². The fourth-order valence-electron chi connectivity index (χ4n) is 3.51. The van der Waals surface area contributed by atoms with E-state index in [-0.39, 0.29) is 37.3 Å². The molecule has 2 rings (SSSR count). The minimum atomic E-state index is -0.419. The van der Waals surface area contributed by atoms with E-state index in [1.54, 1.807) is 24.3 Å². The Morgan fingerprint density at radius 3 is 2.18 bits per heavy atom. The van der Waals surface area contributed by atoms with Crippen LogP contribution >= 0.6 is 0 Å². The quantitative estimate of drug-likeness (QED) is 0.384. The Balaban J connectivity index is 1.87. The monoisotopic (exact) mass is 469 g/mol. The second kappa shape index (κ2) is 14.8. The van der Waals surface area contributed by atoms with Crippen molar-refractivity contribution < 1.29 is 18.8 Å². The van der Waals surface area contributed by atoms with E-state index in [4.69, 9.17) is 0 Å². The molecule has 0 radical (unpaired) electrons.